The Morgan fingerprint density at radius 2 is 2.00 bits per heavy atom. The van der Waals surface area contributed by atoms with Crippen LogP contribution < -0.4 is 5.14 Å². The van der Waals surface area contributed by atoms with Crippen molar-refractivity contribution in [1.82, 2.24) is 4.90 Å². The summed E-state index contributed by atoms with van der Waals surface area (Å²) < 4.78 is 28.0. The van der Waals surface area contributed by atoms with E-state index in [1.807, 2.05) is 13.8 Å². The maximum Gasteiger partial charge on any atom is 0.254 e. The van der Waals surface area contributed by atoms with Gasteiger partial charge in [0.25, 0.3) is 5.91 Å². The standard InChI is InChI=1S/C14H22N2O4S/c1-5-16(11(3)9-20-4)14(17)12-6-10(2)7-13(8-12)21(15,18)19/h6-8,11H,5,9H2,1-4H3,(H2,15,18,19). The highest BCUT2D eigenvalue weighted by Crippen LogP contribution is 2.16. The van der Waals surface area contributed by atoms with E-state index in [9.17, 15) is 13.2 Å². The van der Waals surface area contributed by atoms with E-state index in [0.29, 0.717) is 24.3 Å². The van der Waals surface area contributed by atoms with Gasteiger partial charge in [-0.15, -0.1) is 0 Å². The summed E-state index contributed by atoms with van der Waals surface area (Å²) in [5.41, 5.74) is 0.976. The normalized spacial score (nSPS) is 13.0. The molecule has 0 aliphatic heterocycles. The third kappa shape index (κ3) is 4.52. The first-order valence-corrected chi connectivity index (χ1v) is 8.19. The molecule has 0 radical (unpaired) electrons. The first-order chi connectivity index (χ1) is 9.70. The number of nitrogens with zero attached hydrogens (tertiary/aromatic N) is 1. The quantitative estimate of drug-likeness (QED) is 0.852. The number of carbonyl (C=O) groups excluding carboxylic acids is 1. The molecule has 0 heterocycles. The molecule has 1 amide bonds. The molecule has 21 heavy (non-hydrogen) atoms. The molecule has 0 aliphatic carbocycles. The van der Waals surface area contributed by atoms with Crippen molar-refractivity contribution in [3.63, 3.8) is 0 Å². The second-order valence-electron chi connectivity index (χ2n) is 4.98. The Bertz CT molecular complexity index is 613. The largest absolute Gasteiger partial charge is 0.383 e. The summed E-state index contributed by atoms with van der Waals surface area (Å²) in [5.74, 6) is -0.240. The number of carbonyl (C=O) groups is 1. The lowest BCUT2D eigenvalue weighted by Gasteiger charge is -2.27. The van der Waals surface area contributed by atoms with Crippen molar-refractivity contribution in [2.75, 3.05) is 20.3 Å². The molecular formula is C14H22N2O4S. The molecular weight excluding hydrogens is 292 g/mol. The zero-order chi connectivity index (χ0) is 16.2. The summed E-state index contributed by atoms with van der Waals surface area (Å²) in [6, 6.07) is 4.30. The van der Waals surface area contributed by atoms with Crippen LogP contribution in [-0.4, -0.2) is 45.5 Å². The van der Waals surface area contributed by atoms with Crippen LogP contribution in [0.15, 0.2) is 23.1 Å². The molecule has 1 rings (SSSR count). The highest BCUT2D eigenvalue weighted by molar-refractivity contribution is 7.89. The summed E-state index contributed by atoms with van der Waals surface area (Å²) in [6.07, 6.45) is 0. The number of primary sulfonamides is 1. The number of hydrogen-bond acceptors (Lipinski definition) is 4. The lowest BCUT2D eigenvalue weighted by molar-refractivity contribution is 0.0579. The van der Waals surface area contributed by atoms with E-state index in [1.165, 1.54) is 12.1 Å². The van der Waals surface area contributed by atoms with Crippen molar-refractivity contribution in [1.29, 1.82) is 0 Å². The molecule has 2 N–H and O–H groups in total. The maximum absolute atomic E-state index is 12.6. The number of benzene rings is 1. The fraction of sp³-hybridized carbons (Fsp3) is 0.500. The molecule has 6 nitrogen and oxygen atoms in total. The van der Waals surface area contributed by atoms with Crippen molar-refractivity contribution in [2.24, 2.45) is 5.14 Å². The maximum atomic E-state index is 12.6. The number of aryl methyl sites for hydroxylation is 1. The lowest BCUT2D eigenvalue weighted by Crippen LogP contribution is -2.41. The SMILES string of the molecule is CCN(C(=O)c1cc(C)cc(S(N)(=O)=O)c1)C(C)COC. The van der Waals surface area contributed by atoms with Crippen LogP contribution in [0.4, 0.5) is 0 Å². The molecule has 0 bridgehead atoms. The Kier molecular flexibility index (Phi) is 5.88. The predicted molar refractivity (Wildman–Crippen MR) is 80.6 cm³/mol. The Morgan fingerprint density at radius 1 is 1.38 bits per heavy atom. The molecule has 7 heteroatoms. The predicted octanol–water partition coefficient (Wildman–Crippen LogP) is 1.14. The zero-order valence-corrected chi connectivity index (χ0v) is 13.6. The van der Waals surface area contributed by atoms with E-state index in [2.05, 4.69) is 0 Å². The van der Waals surface area contributed by atoms with Gasteiger partial charge in [0, 0.05) is 19.2 Å². The van der Waals surface area contributed by atoms with Gasteiger partial charge in [0.05, 0.1) is 17.5 Å². The van der Waals surface area contributed by atoms with Crippen LogP contribution in [0.3, 0.4) is 0 Å². The first-order valence-electron chi connectivity index (χ1n) is 6.65. The molecule has 0 saturated carbocycles. The molecule has 0 fully saturated rings. The number of likely N-dealkylation sites (N-methyl/N-ethyl adjacent to an activating group) is 1. The third-order valence-electron chi connectivity index (χ3n) is 3.17. The summed E-state index contributed by atoms with van der Waals surface area (Å²) in [5, 5.41) is 5.14. The van der Waals surface area contributed by atoms with Gasteiger partial charge in [-0.3, -0.25) is 4.79 Å². The fourth-order valence-electron chi connectivity index (χ4n) is 2.19. The molecule has 1 unspecified atom stereocenters. The second-order valence-corrected chi connectivity index (χ2v) is 6.54. The average Bonchev–Trinajstić information content (AvgIpc) is 2.38. The highest BCUT2D eigenvalue weighted by atomic mass is 32.2. The molecule has 0 saturated heterocycles. The van der Waals surface area contributed by atoms with E-state index in [0.717, 1.165) is 0 Å². The topological polar surface area (TPSA) is 89.7 Å². The van der Waals surface area contributed by atoms with Crippen molar-refractivity contribution in [3.05, 3.63) is 29.3 Å². The van der Waals surface area contributed by atoms with E-state index in [4.69, 9.17) is 9.88 Å². The Balaban J connectivity index is 3.20. The van der Waals surface area contributed by atoms with Gasteiger partial charge < -0.3 is 9.64 Å². The summed E-state index contributed by atoms with van der Waals surface area (Å²) in [7, 11) is -2.27. The molecule has 0 spiro atoms. The first kappa shape index (κ1) is 17.6. The number of nitrogens with two attached hydrogens (primary N) is 1. The summed E-state index contributed by atoms with van der Waals surface area (Å²) in [6.45, 7) is 6.37. The van der Waals surface area contributed by atoms with Gasteiger partial charge in [-0.05, 0) is 44.5 Å². The minimum Gasteiger partial charge on any atom is -0.383 e. The second kappa shape index (κ2) is 7.02. The number of hydrogen-bond donors (Lipinski definition) is 1. The van der Waals surface area contributed by atoms with Crippen LogP contribution in [0.5, 0.6) is 0 Å². The van der Waals surface area contributed by atoms with Crippen LogP contribution in [0.2, 0.25) is 0 Å². The zero-order valence-electron chi connectivity index (χ0n) is 12.8. The molecule has 1 aromatic carbocycles. The Labute approximate surface area is 125 Å². The fourth-order valence-corrected chi connectivity index (χ4v) is 2.83. The summed E-state index contributed by atoms with van der Waals surface area (Å²) >= 11 is 0. The smallest absolute Gasteiger partial charge is 0.254 e. The van der Waals surface area contributed by atoms with Crippen molar-refractivity contribution < 1.29 is 17.9 Å². The molecule has 0 aromatic heterocycles. The van der Waals surface area contributed by atoms with Crippen molar-refractivity contribution in [2.45, 2.75) is 31.7 Å². The van der Waals surface area contributed by atoms with Gasteiger partial charge in [-0.25, -0.2) is 13.6 Å². The monoisotopic (exact) mass is 314 g/mol. The van der Waals surface area contributed by atoms with Crippen LogP contribution >= 0.6 is 0 Å². The number of amides is 1. The Hall–Kier alpha value is -1.44. The molecule has 118 valence electrons. The highest BCUT2D eigenvalue weighted by Gasteiger charge is 2.21. The molecule has 1 atom stereocenters. The van der Waals surface area contributed by atoms with Crippen molar-refractivity contribution >= 4 is 15.9 Å². The van der Waals surface area contributed by atoms with E-state index >= 15 is 0 Å². The number of methoxy groups -OCH3 is 1. The lowest BCUT2D eigenvalue weighted by atomic mass is 10.1. The van der Waals surface area contributed by atoms with Gasteiger partial charge in [-0.1, -0.05) is 0 Å². The van der Waals surface area contributed by atoms with Crippen LogP contribution in [0.25, 0.3) is 0 Å². The summed E-state index contributed by atoms with van der Waals surface area (Å²) in [4.78, 5) is 14.1. The van der Waals surface area contributed by atoms with Gasteiger partial charge in [-0.2, -0.15) is 0 Å². The van der Waals surface area contributed by atoms with Gasteiger partial charge in [0.15, 0.2) is 0 Å². The van der Waals surface area contributed by atoms with Gasteiger partial charge in [0.2, 0.25) is 10.0 Å². The average molecular weight is 314 g/mol. The molecule has 0 aliphatic rings. The van der Waals surface area contributed by atoms with Crippen LogP contribution in [-0.2, 0) is 14.8 Å². The number of sulfonamides is 1. The van der Waals surface area contributed by atoms with E-state index in [-0.39, 0.29) is 16.8 Å². The Morgan fingerprint density at radius 3 is 2.48 bits per heavy atom. The van der Waals surface area contributed by atoms with Crippen LogP contribution in [0, 0.1) is 6.92 Å². The van der Waals surface area contributed by atoms with Gasteiger partial charge in [0.1, 0.15) is 0 Å². The number of ether oxygens (including phenoxy) is 1. The minimum absolute atomic E-state index is 0.0544. The van der Waals surface area contributed by atoms with Crippen molar-refractivity contribution in [3.8, 4) is 0 Å². The van der Waals surface area contributed by atoms with Crippen LogP contribution in [0.1, 0.15) is 29.8 Å². The third-order valence-corrected chi connectivity index (χ3v) is 4.06. The molecule has 1 aromatic rings. The number of rotatable bonds is 6. The van der Waals surface area contributed by atoms with Gasteiger partial charge >= 0.3 is 0 Å². The minimum atomic E-state index is -3.84. The van der Waals surface area contributed by atoms with E-state index < -0.39 is 10.0 Å². The van der Waals surface area contributed by atoms with E-state index in [1.54, 1.807) is 25.0 Å².